The normalized spacial score (nSPS) is 11.1. The van der Waals surface area contributed by atoms with Gasteiger partial charge in [-0.05, 0) is 16.5 Å². The van der Waals surface area contributed by atoms with E-state index in [0.29, 0.717) is 13.0 Å². The Balaban J connectivity index is 1.49. The van der Waals surface area contributed by atoms with Crippen LogP contribution in [0.25, 0.3) is 0 Å². The van der Waals surface area contributed by atoms with Crippen molar-refractivity contribution in [3.05, 3.63) is 78.1 Å². The maximum atomic E-state index is 12.4. The highest BCUT2D eigenvalue weighted by Crippen LogP contribution is 2.26. The first-order valence-electron chi connectivity index (χ1n) is 9.48. The van der Waals surface area contributed by atoms with Gasteiger partial charge in [0.05, 0.1) is 0 Å². The summed E-state index contributed by atoms with van der Waals surface area (Å²) in [6.45, 7) is 4.52. The number of anilines is 1. The maximum Gasteiger partial charge on any atom is 0.248 e. The summed E-state index contributed by atoms with van der Waals surface area (Å²) >= 11 is 0. The molecular formula is C22H25N5O2. The second-order valence-electron chi connectivity index (χ2n) is 7.50. The zero-order valence-corrected chi connectivity index (χ0v) is 16.6. The van der Waals surface area contributed by atoms with Gasteiger partial charge in [0.1, 0.15) is 12.9 Å². The van der Waals surface area contributed by atoms with E-state index in [1.165, 1.54) is 11.0 Å². The Hall–Kier alpha value is -3.48. The first kappa shape index (κ1) is 20.3. The molecule has 0 saturated carbocycles. The molecule has 0 bridgehead atoms. The van der Waals surface area contributed by atoms with Crippen LogP contribution in [0.5, 0.6) is 0 Å². The highest BCUT2D eigenvalue weighted by atomic mass is 16.2. The van der Waals surface area contributed by atoms with Crippen molar-refractivity contribution in [2.75, 3.05) is 5.32 Å². The smallest absolute Gasteiger partial charge is 0.248 e. The second-order valence-corrected chi connectivity index (χ2v) is 7.50. The number of carbonyl (C=O) groups excluding carboxylic acids is 2. The monoisotopic (exact) mass is 391 g/mol. The zero-order valence-electron chi connectivity index (χ0n) is 16.6. The van der Waals surface area contributed by atoms with Crippen molar-refractivity contribution in [1.29, 1.82) is 0 Å². The SMILES string of the molecule is CC(C)(CC(=O)Nc1ncn(CC(=O)NCc2ccccc2)n1)c1ccccc1. The molecule has 3 aromatic rings. The Morgan fingerprint density at radius 3 is 2.31 bits per heavy atom. The number of aromatic nitrogens is 3. The lowest BCUT2D eigenvalue weighted by atomic mass is 9.81. The highest BCUT2D eigenvalue weighted by molar-refractivity contribution is 5.89. The fraction of sp³-hybridized carbons (Fsp3) is 0.273. The molecule has 3 rings (SSSR count). The van der Waals surface area contributed by atoms with Crippen LogP contribution in [0.3, 0.4) is 0 Å². The molecule has 2 N–H and O–H groups in total. The minimum Gasteiger partial charge on any atom is -0.350 e. The standard InChI is InChI=1S/C22H25N5O2/c1-22(2,18-11-7-4-8-12-18)13-19(28)25-21-24-16-27(26-21)15-20(29)23-14-17-9-5-3-6-10-17/h3-12,16H,13-15H2,1-2H3,(H,23,29)(H,25,26,28). The lowest BCUT2D eigenvalue weighted by Gasteiger charge is -2.24. The topological polar surface area (TPSA) is 88.9 Å². The van der Waals surface area contributed by atoms with Gasteiger partial charge in [-0.1, -0.05) is 74.5 Å². The van der Waals surface area contributed by atoms with E-state index < -0.39 is 0 Å². The van der Waals surface area contributed by atoms with Crippen molar-refractivity contribution in [1.82, 2.24) is 20.1 Å². The van der Waals surface area contributed by atoms with Gasteiger partial charge in [0.15, 0.2) is 0 Å². The Bertz CT molecular complexity index is 952. The van der Waals surface area contributed by atoms with Crippen molar-refractivity contribution in [2.45, 2.75) is 38.8 Å². The van der Waals surface area contributed by atoms with Crippen LogP contribution in [-0.2, 0) is 28.1 Å². The summed E-state index contributed by atoms with van der Waals surface area (Å²) in [5.74, 6) is -0.165. The molecule has 0 aliphatic rings. The first-order valence-corrected chi connectivity index (χ1v) is 9.48. The van der Waals surface area contributed by atoms with Crippen LogP contribution in [0.4, 0.5) is 5.95 Å². The number of hydrogen-bond donors (Lipinski definition) is 2. The van der Waals surface area contributed by atoms with Crippen LogP contribution in [0.2, 0.25) is 0 Å². The van der Waals surface area contributed by atoms with Crippen LogP contribution >= 0.6 is 0 Å². The number of nitrogens with zero attached hydrogens (tertiary/aromatic N) is 3. The van der Waals surface area contributed by atoms with Crippen molar-refractivity contribution in [2.24, 2.45) is 0 Å². The van der Waals surface area contributed by atoms with Gasteiger partial charge in [-0.15, -0.1) is 5.10 Å². The lowest BCUT2D eigenvalue weighted by molar-refractivity contribution is -0.122. The van der Waals surface area contributed by atoms with Crippen molar-refractivity contribution >= 4 is 17.8 Å². The van der Waals surface area contributed by atoms with Gasteiger partial charge >= 0.3 is 0 Å². The summed E-state index contributed by atoms with van der Waals surface area (Å²) in [6.07, 6.45) is 1.73. The molecule has 7 heteroatoms. The summed E-state index contributed by atoms with van der Waals surface area (Å²) in [7, 11) is 0. The zero-order chi connectivity index (χ0) is 20.7. The summed E-state index contributed by atoms with van der Waals surface area (Å²) in [4.78, 5) is 28.6. The second kappa shape index (κ2) is 9.14. The van der Waals surface area contributed by atoms with Gasteiger partial charge in [-0.25, -0.2) is 9.67 Å². The van der Waals surface area contributed by atoms with Crippen LogP contribution in [0.15, 0.2) is 67.0 Å². The van der Waals surface area contributed by atoms with E-state index in [0.717, 1.165) is 11.1 Å². The van der Waals surface area contributed by atoms with Crippen molar-refractivity contribution in [3.63, 3.8) is 0 Å². The van der Waals surface area contributed by atoms with Gasteiger partial charge in [0.25, 0.3) is 0 Å². The van der Waals surface area contributed by atoms with Crippen molar-refractivity contribution in [3.8, 4) is 0 Å². The van der Waals surface area contributed by atoms with Gasteiger partial charge < -0.3 is 5.32 Å². The van der Waals surface area contributed by atoms with Gasteiger partial charge in [-0.2, -0.15) is 0 Å². The molecule has 0 atom stereocenters. The Kier molecular flexibility index (Phi) is 6.39. The van der Waals surface area contributed by atoms with Crippen LogP contribution in [-0.4, -0.2) is 26.6 Å². The van der Waals surface area contributed by atoms with E-state index in [1.807, 2.05) is 74.5 Å². The molecule has 0 radical (unpaired) electrons. The number of amides is 2. The van der Waals surface area contributed by atoms with Crippen LogP contribution in [0, 0.1) is 0 Å². The molecule has 2 aromatic carbocycles. The predicted octanol–water partition coefficient (Wildman–Crippen LogP) is 2.90. The number of carbonyl (C=O) groups is 2. The largest absolute Gasteiger partial charge is 0.350 e. The summed E-state index contributed by atoms with van der Waals surface area (Å²) < 4.78 is 1.40. The van der Waals surface area contributed by atoms with E-state index in [-0.39, 0.29) is 29.7 Å². The molecule has 0 fully saturated rings. The number of hydrogen-bond acceptors (Lipinski definition) is 4. The van der Waals surface area contributed by atoms with E-state index in [9.17, 15) is 9.59 Å². The number of rotatable bonds is 8. The summed E-state index contributed by atoms with van der Waals surface area (Å²) in [5, 5.41) is 9.70. The fourth-order valence-corrected chi connectivity index (χ4v) is 2.99. The molecule has 0 spiro atoms. The van der Waals surface area contributed by atoms with Gasteiger partial charge in [0.2, 0.25) is 17.8 Å². The molecule has 0 saturated heterocycles. The minimum atomic E-state index is -0.314. The van der Waals surface area contributed by atoms with Crippen LogP contribution < -0.4 is 10.6 Å². The average Bonchev–Trinajstić information content (AvgIpc) is 3.14. The van der Waals surface area contributed by atoms with Gasteiger partial charge in [0, 0.05) is 13.0 Å². The predicted molar refractivity (Wildman–Crippen MR) is 111 cm³/mol. The Labute approximate surface area is 170 Å². The molecule has 29 heavy (non-hydrogen) atoms. The Morgan fingerprint density at radius 1 is 0.966 bits per heavy atom. The third kappa shape index (κ3) is 6.00. The van der Waals surface area contributed by atoms with Crippen molar-refractivity contribution < 1.29 is 9.59 Å². The molecular weight excluding hydrogens is 366 g/mol. The number of benzene rings is 2. The number of nitrogens with one attached hydrogen (secondary N) is 2. The summed E-state index contributed by atoms with van der Waals surface area (Å²) in [6, 6.07) is 19.6. The van der Waals surface area contributed by atoms with E-state index in [2.05, 4.69) is 20.7 Å². The molecule has 1 heterocycles. The maximum absolute atomic E-state index is 12.4. The molecule has 0 aliphatic carbocycles. The van der Waals surface area contributed by atoms with E-state index >= 15 is 0 Å². The quantitative estimate of drug-likeness (QED) is 0.618. The van der Waals surface area contributed by atoms with E-state index in [4.69, 9.17) is 0 Å². The molecule has 1 aromatic heterocycles. The molecule has 7 nitrogen and oxygen atoms in total. The lowest BCUT2D eigenvalue weighted by Crippen LogP contribution is -2.27. The summed E-state index contributed by atoms with van der Waals surface area (Å²) in [5.41, 5.74) is 1.79. The Morgan fingerprint density at radius 2 is 1.62 bits per heavy atom. The van der Waals surface area contributed by atoms with E-state index in [1.54, 1.807) is 0 Å². The minimum absolute atomic E-state index is 0.0329. The highest BCUT2D eigenvalue weighted by Gasteiger charge is 2.24. The fourth-order valence-electron chi connectivity index (χ4n) is 2.99. The van der Waals surface area contributed by atoms with Crippen LogP contribution in [0.1, 0.15) is 31.4 Å². The molecule has 0 aliphatic heterocycles. The van der Waals surface area contributed by atoms with Gasteiger partial charge in [-0.3, -0.25) is 14.9 Å². The first-order chi connectivity index (χ1) is 13.9. The molecule has 2 amide bonds. The third-order valence-corrected chi connectivity index (χ3v) is 4.58. The molecule has 0 unspecified atom stereocenters. The third-order valence-electron chi connectivity index (χ3n) is 4.58. The average molecular weight is 391 g/mol. The molecule has 150 valence electrons.